The van der Waals surface area contributed by atoms with Crippen LogP contribution < -0.4 is 5.32 Å². The molecule has 0 saturated heterocycles. The van der Waals surface area contributed by atoms with Gasteiger partial charge in [0.05, 0.1) is 0 Å². The maximum Gasteiger partial charge on any atom is 0.0361 e. The number of fused-ring (bicyclic) bond motifs is 1. The molecular weight excluding hydrogens is 208 g/mol. The van der Waals surface area contributed by atoms with Gasteiger partial charge in [-0.1, -0.05) is 31.2 Å². The molecule has 2 aromatic rings. The third-order valence-electron chi connectivity index (χ3n) is 2.95. The van der Waals surface area contributed by atoms with Gasteiger partial charge in [0.15, 0.2) is 0 Å². The van der Waals surface area contributed by atoms with Gasteiger partial charge in [0.2, 0.25) is 0 Å². The minimum Gasteiger partial charge on any atom is -0.310 e. The van der Waals surface area contributed by atoms with Crippen molar-refractivity contribution >= 4 is 10.8 Å². The number of pyridine rings is 1. The van der Waals surface area contributed by atoms with Crippen molar-refractivity contribution in [2.75, 3.05) is 6.54 Å². The highest BCUT2D eigenvalue weighted by Crippen LogP contribution is 2.25. The predicted molar refractivity (Wildman–Crippen MR) is 73.0 cm³/mol. The largest absolute Gasteiger partial charge is 0.310 e. The topological polar surface area (TPSA) is 24.9 Å². The van der Waals surface area contributed by atoms with Crippen LogP contribution in [0, 0.1) is 0 Å². The van der Waals surface area contributed by atoms with E-state index < -0.39 is 0 Å². The Kier molecular flexibility index (Phi) is 3.89. The Balaban J connectivity index is 2.48. The molecule has 0 aliphatic heterocycles. The Morgan fingerprint density at radius 3 is 3.06 bits per heavy atom. The molecule has 2 heteroatoms. The Morgan fingerprint density at radius 2 is 2.29 bits per heavy atom. The molecule has 1 N–H and O–H groups in total. The van der Waals surface area contributed by atoms with Crippen molar-refractivity contribution in [1.82, 2.24) is 10.3 Å². The first-order valence-corrected chi connectivity index (χ1v) is 6.03. The van der Waals surface area contributed by atoms with Gasteiger partial charge in [-0.15, -0.1) is 6.58 Å². The highest BCUT2D eigenvalue weighted by Gasteiger charge is 2.11. The monoisotopic (exact) mass is 226 g/mol. The number of nitrogens with one attached hydrogen (secondary N) is 1. The molecule has 0 fully saturated rings. The summed E-state index contributed by atoms with van der Waals surface area (Å²) in [5, 5.41) is 5.96. The van der Waals surface area contributed by atoms with Crippen molar-refractivity contribution < 1.29 is 0 Å². The van der Waals surface area contributed by atoms with Crippen molar-refractivity contribution in [3.05, 3.63) is 54.9 Å². The molecule has 0 saturated carbocycles. The number of hydrogen-bond donors (Lipinski definition) is 1. The first-order valence-electron chi connectivity index (χ1n) is 6.03. The van der Waals surface area contributed by atoms with Crippen LogP contribution in [-0.4, -0.2) is 11.5 Å². The Hall–Kier alpha value is -1.67. The molecule has 0 bridgehead atoms. The lowest BCUT2D eigenvalue weighted by atomic mass is 9.98. The molecule has 17 heavy (non-hydrogen) atoms. The van der Waals surface area contributed by atoms with E-state index >= 15 is 0 Å². The molecular formula is C15H18N2. The summed E-state index contributed by atoms with van der Waals surface area (Å²) in [6.45, 7) is 6.91. The van der Waals surface area contributed by atoms with Crippen LogP contribution in [0.3, 0.4) is 0 Å². The SMILES string of the molecule is C=CCC(NCC)c1cccc2ccncc12. The average Bonchev–Trinajstić information content (AvgIpc) is 2.38. The van der Waals surface area contributed by atoms with Crippen LogP contribution in [-0.2, 0) is 0 Å². The van der Waals surface area contributed by atoms with Gasteiger partial charge >= 0.3 is 0 Å². The van der Waals surface area contributed by atoms with Crippen LogP contribution in [0.1, 0.15) is 24.9 Å². The van der Waals surface area contributed by atoms with E-state index in [4.69, 9.17) is 0 Å². The van der Waals surface area contributed by atoms with Crippen molar-refractivity contribution in [2.24, 2.45) is 0 Å². The van der Waals surface area contributed by atoms with Gasteiger partial charge in [-0.3, -0.25) is 4.98 Å². The van der Waals surface area contributed by atoms with Gasteiger partial charge < -0.3 is 5.32 Å². The fourth-order valence-electron chi connectivity index (χ4n) is 2.17. The first-order chi connectivity index (χ1) is 8.36. The second-order valence-corrected chi connectivity index (χ2v) is 4.08. The minimum absolute atomic E-state index is 0.324. The lowest BCUT2D eigenvalue weighted by Gasteiger charge is -2.18. The molecule has 0 aliphatic rings. The van der Waals surface area contributed by atoms with Gasteiger partial charge in [0, 0.05) is 23.8 Å². The molecule has 2 rings (SSSR count). The summed E-state index contributed by atoms with van der Waals surface area (Å²) in [6.07, 6.45) is 6.67. The van der Waals surface area contributed by atoms with Crippen molar-refractivity contribution in [2.45, 2.75) is 19.4 Å². The van der Waals surface area contributed by atoms with Gasteiger partial charge in [-0.05, 0) is 30.0 Å². The zero-order valence-electron chi connectivity index (χ0n) is 10.2. The second-order valence-electron chi connectivity index (χ2n) is 4.08. The van der Waals surface area contributed by atoms with Crippen LogP contribution >= 0.6 is 0 Å². The van der Waals surface area contributed by atoms with E-state index in [-0.39, 0.29) is 0 Å². The molecule has 88 valence electrons. The smallest absolute Gasteiger partial charge is 0.0361 e. The third-order valence-corrected chi connectivity index (χ3v) is 2.95. The molecule has 0 amide bonds. The summed E-state index contributed by atoms with van der Waals surface area (Å²) in [4.78, 5) is 4.22. The van der Waals surface area contributed by atoms with E-state index in [1.807, 2.05) is 18.5 Å². The van der Waals surface area contributed by atoms with Gasteiger partial charge in [0.25, 0.3) is 0 Å². The summed E-state index contributed by atoms with van der Waals surface area (Å²) in [5.41, 5.74) is 1.30. The van der Waals surface area contributed by atoms with E-state index in [2.05, 4.69) is 48.1 Å². The number of nitrogens with zero attached hydrogens (tertiary/aromatic N) is 1. The van der Waals surface area contributed by atoms with E-state index in [0.29, 0.717) is 6.04 Å². The van der Waals surface area contributed by atoms with Crippen molar-refractivity contribution in [3.63, 3.8) is 0 Å². The Bertz CT molecular complexity index is 500. The average molecular weight is 226 g/mol. The molecule has 1 heterocycles. The van der Waals surface area contributed by atoms with Gasteiger partial charge in [-0.2, -0.15) is 0 Å². The van der Waals surface area contributed by atoms with Crippen LogP contribution in [0.2, 0.25) is 0 Å². The third kappa shape index (κ3) is 2.53. The summed E-state index contributed by atoms with van der Waals surface area (Å²) in [7, 11) is 0. The lowest BCUT2D eigenvalue weighted by Crippen LogP contribution is -2.20. The summed E-state index contributed by atoms with van der Waals surface area (Å²) >= 11 is 0. The highest BCUT2D eigenvalue weighted by atomic mass is 14.9. The Morgan fingerprint density at radius 1 is 1.41 bits per heavy atom. The van der Waals surface area contributed by atoms with Crippen LogP contribution in [0.5, 0.6) is 0 Å². The van der Waals surface area contributed by atoms with Crippen LogP contribution in [0.25, 0.3) is 10.8 Å². The van der Waals surface area contributed by atoms with E-state index in [1.54, 1.807) is 0 Å². The fraction of sp³-hybridized carbons (Fsp3) is 0.267. The molecule has 1 aromatic carbocycles. The van der Waals surface area contributed by atoms with Gasteiger partial charge in [-0.25, -0.2) is 0 Å². The zero-order valence-corrected chi connectivity index (χ0v) is 10.2. The van der Waals surface area contributed by atoms with Crippen LogP contribution in [0.4, 0.5) is 0 Å². The molecule has 0 aliphatic carbocycles. The molecule has 1 aromatic heterocycles. The standard InChI is InChI=1S/C15H18N2/c1-3-6-15(17-4-2)13-8-5-7-12-9-10-16-11-14(12)13/h3,5,7-11,15,17H,1,4,6H2,2H3. The fourth-order valence-corrected chi connectivity index (χ4v) is 2.17. The van der Waals surface area contributed by atoms with Crippen molar-refractivity contribution in [1.29, 1.82) is 0 Å². The maximum absolute atomic E-state index is 4.22. The molecule has 0 spiro atoms. The summed E-state index contributed by atoms with van der Waals surface area (Å²) < 4.78 is 0. The quantitative estimate of drug-likeness (QED) is 0.790. The number of rotatable bonds is 5. The Labute approximate surface area is 102 Å². The van der Waals surface area contributed by atoms with E-state index in [9.17, 15) is 0 Å². The van der Waals surface area contributed by atoms with E-state index in [0.717, 1.165) is 13.0 Å². The predicted octanol–water partition coefficient (Wildman–Crippen LogP) is 3.46. The number of benzene rings is 1. The molecule has 1 unspecified atom stereocenters. The summed E-state index contributed by atoms with van der Waals surface area (Å²) in [5.74, 6) is 0. The second kappa shape index (κ2) is 5.60. The number of aromatic nitrogens is 1. The van der Waals surface area contributed by atoms with E-state index in [1.165, 1.54) is 16.3 Å². The summed E-state index contributed by atoms with van der Waals surface area (Å²) in [6, 6.07) is 8.77. The van der Waals surface area contributed by atoms with Crippen molar-refractivity contribution in [3.8, 4) is 0 Å². The molecule has 1 atom stereocenters. The lowest BCUT2D eigenvalue weighted by molar-refractivity contribution is 0.562. The molecule has 2 nitrogen and oxygen atoms in total. The number of hydrogen-bond acceptors (Lipinski definition) is 2. The maximum atomic E-state index is 4.22. The normalized spacial score (nSPS) is 12.5. The zero-order chi connectivity index (χ0) is 12.1. The first kappa shape index (κ1) is 11.8. The minimum atomic E-state index is 0.324. The molecule has 0 radical (unpaired) electrons. The van der Waals surface area contributed by atoms with Crippen LogP contribution in [0.15, 0.2) is 49.3 Å². The van der Waals surface area contributed by atoms with Gasteiger partial charge in [0.1, 0.15) is 0 Å². The highest BCUT2D eigenvalue weighted by molar-refractivity contribution is 5.85.